The molecule has 0 aromatic rings. The highest BCUT2D eigenvalue weighted by Gasteiger charge is 2.47. The maximum Gasteiger partial charge on any atom is 0.129 e. The number of unbranched alkanes of at least 4 members (excludes halogenated alkanes) is 14. The summed E-state index contributed by atoms with van der Waals surface area (Å²) in [7, 11) is 0. The lowest BCUT2D eigenvalue weighted by Gasteiger charge is -2.55. The summed E-state index contributed by atoms with van der Waals surface area (Å²) in [6, 6.07) is 0. The topological polar surface area (TPSA) is 0 Å². The minimum Gasteiger partial charge on any atom is -1.00 e. The molecule has 4 heteroatoms. The van der Waals surface area contributed by atoms with E-state index in [0.29, 0.717) is 0 Å². The van der Waals surface area contributed by atoms with Crippen molar-refractivity contribution in [3.05, 3.63) is 0 Å². The van der Waals surface area contributed by atoms with E-state index >= 15 is 0 Å². The van der Waals surface area contributed by atoms with Gasteiger partial charge in [-0.3, -0.25) is 0 Å². The summed E-state index contributed by atoms with van der Waals surface area (Å²) in [6.45, 7) is 16.6. The van der Waals surface area contributed by atoms with Crippen molar-refractivity contribution in [1.82, 2.24) is 0 Å². The molecule has 0 radical (unpaired) electrons. The quantitative estimate of drug-likeness (QED) is 0.118. The van der Waals surface area contributed by atoms with E-state index in [0.717, 1.165) is 0 Å². The zero-order chi connectivity index (χ0) is 20.0. The maximum absolute atomic E-state index is 2.31. The molecule has 30 heavy (non-hydrogen) atoms. The van der Waals surface area contributed by atoms with Gasteiger partial charge in [0.15, 0.2) is 0 Å². The van der Waals surface area contributed by atoms with Gasteiger partial charge in [-0.25, -0.2) is 0 Å². The molecule has 3 aliphatic rings. The van der Waals surface area contributed by atoms with E-state index in [4.69, 9.17) is 0 Å². The third kappa shape index (κ3) is 12.0. The zero-order valence-electron chi connectivity index (χ0n) is 20.6. The Labute approximate surface area is 224 Å². The molecule has 0 unspecified atom stereocenters. The van der Waals surface area contributed by atoms with Gasteiger partial charge in [0.2, 0.25) is 0 Å². The standard InChI is InChI=1S/C26H54N2.2HI/c1-3-5-7-9-11-13-15-17-19-27-21-24-28(25-22-27,26-23-27)20-18-16-14-12-10-8-6-4-2;;/h3-26H2,1-2H3;2*1H/q+2;;/p-2. The van der Waals surface area contributed by atoms with Crippen LogP contribution in [0.4, 0.5) is 0 Å². The van der Waals surface area contributed by atoms with Gasteiger partial charge in [-0.2, -0.15) is 0 Å². The van der Waals surface area contributed by atoms with Gasteiger partial charge in [0, 0.05) is 0 Å². The van der Waals surface area contributed by atoms with E-state index < -0.39 is 0 Å². The van der Waals surface area contributed by atoms with Crippen LogP contribution >= 0.6 is 0 Å². The molecule has 0 amide bonds. The van der Waals surface area contributed by atoms with Crippen LogP contribution in [0.5, 0.6) is 0 Å². The fraction of sp³-hybridized carbons (Fsp3) is 1.00. The molecule has 3 fully saturated rings. The average Bonchev–Trinajstić information content (AvgIpc) is 2.73. The Bertz CT molecular complexity index is 329. The maximum atomic E-state index is 2.31. The molecule has 3 saturated heterocycles. The number of piperazine rings is 3. The summed E-state index contributed by atoms with van der Waals surface area (Å²) in [4.78, 5) is 0. The van der Waals surface area contributed by atoms with Crippen LogP contribution < -0.4 is 48.0 Å². The number of hydrogen-bond donors (Lipinski definition) is 0. The molecular weight excluding hydrogens is 594 g/mol. The van der Waals surface area contributed by atoms with Crippen molar-refractivity contribution in [3.8, 4) is 0 Å². The Morgan fingerprint density at radius 2 is 0.600 bits per heavy atom. The summed E-state index contributed by atoms with van der Waals surface area (Å²) >= 11 is 0. The van der Waals surface area contributed by atoms with Crippen molar-refractivity contribution in [2.75, 3.05) is 52.4 Å². The van der Waals surface area contributed by atoms with Crippen LogP contribution in [0.3, 0.4) is 0 Å². The Morgan fingerprint density at radius 1 is 0.367 bits per heavy atom. The van der Waals surface area contributed by atoms with Gasteiger partial charge in [0.25, 0.3) is 0 Å². The smallest absolute Gasteiger partial charge is 0.129 e. The van der Waals surface area contributed by atoms with Crippen molar-refractivity contribution in [1.29, 1.82) is 0 Å². The normalized spacial score (nSPS) is 25.0. The lowest BCUT2D eigenvalue weighted by Crippen LogP contribution is -3.00. The summed E-state index contributed by atoms with van der Waals surface area (Å²) in [6.07, 6.45) is 23.4. The van der Waals surface area contributed by atoms with E-state index in [1.807, 2.05) is 0 Å². The van der Waals surface area contributed by atoms with E-state index in [2.05, 4.69) is 13.8 Å². The summed E-state index contributed by atoms with van der Waals surface area (Å²) in [5.74, 6) is 0. The molecule has 3 heterocycles. The molecule has 0 aromatic carbocycles. The van der Waals surface area contributed by atoms with Crippen LogP contribution in [0.15, 0.2) is 0 Å². The molecule has 0 aromatic heterocycles. The fourth-order valence-corrected chi connectivity index (χ4v) is 5.78. The Morgan fingerprint density at radius 3 is 0.867 bits per heavy atom. The Hall–Kier alpha value is 1.38. The molecule has 0 aliphatic carbocycles. The lowest BCUT2D eigenvalue weighted by atomic mass is 10.0. The first-order valence-electron chi connectivity index (χ1n) is 13.4. The van der Waals surface area contributed by atoms with Gasteiger partial charge in [0.05, 0.1) is 13.1 Å². The van der Waals surface area contributed by atoms with Crippen LogP contribution in [0.1, 0.15) is 117 Å². The average molecular weight is 649 g/mol. The molecular formula is C26H54I2N2. The molecule has 0 atom stereocenters. The summed E-state index contributed by atoms with van der Waals surface area (Å²) in [5.41, 5.74) is 0. The number of rotatable bonds is 18. The van der Waals surface area contributed by atoms with E-state index in [9.17, 15) is 0 Å². The molecule has 3 rings (SSSR count). The highest BCUT2D eigenvalue weighted by atomic mass is 127. The van der Waals surface area contributed by atoms with E-state index in [1.54, 1.807) is 0 Å². The predicted molar refractivity (Wildman–Crippen MR) is 125 cm³/mol. The minimum absolute atomic E-state index is 0. The number of halogens is 2. The Balaban J connectivity index is 0.00000420. The van der Waals surface area contributed by atoms with Gasteiger partial charge >= 0.3 is 0 Å². The first-order chi connectivity index (χ1) is 13.7. The SMILES string of the molecule is CCCCCCCCCC[N+]12CC[N+](CCCCCCCCCC)(CC1)CC2.[I-].[I-]. The molecule has 182 valence electrons. The number of fused-ring (bicyclic) bond motifs is 3. The van der Waals surface area contributed by atoms with Crippen molar-refractivity contribution < 1.29 is 56.9 Å². The van der Waals surface area contributed by atoms with Gasteiger partial charge in [0.1, 0.15) is 39.3 Å². The van der Waals surface area contributed by atoms with Crippen LogP contribution in [-0.2, 0) is 0 Å². The van der Waals surface area contributed by atoms with Crippen molar-refractivity contribution in [3.63, 3.8) is 0 Å². The molecule has 2 bridgehead atoms. The van der Waals surface area contributed by atoms with Gasteiger partial charge in [-0.05, 0) is 25.7 Å². The van der Waals surface area contributed by atoms with Crippen LogP contribution in [0.25, 0.3) is 0 Å². The molecule has 3 aliphatic heterocycles. The first-order valence-corrected chi connectivity index (χ1v) is 13.4. The second-order valence-electron chi connectivity index (χ2n) is 10.4. The van der Waals surface area contributed by atoms with E-state index in [1.165, 1.54) is 164 Å². The first kappa shape index (κ1) is 31.4. The highest BCUT2D eigenvalue weighted by molar-refractivity contribution is 4.63. The van der Waals surface area contributed by atoms with Gasteiger partial charge in [-0.1, -0.05) is 90.9 Å². The molecule has 2 nitrogen and oxygen atoms in total. The minimum atomic E-state index is 0. The monoisotopic (exact) mass is 648 g/mol. The number of nitrogens with zero attached hydrogens (tertiary/aromatic N) is 2. The van der Waals surface area contributed by atoms with Crippen molar-refractivity contribution >= 4 is 0 Å². The molecule has 0 saturated carbocycles. The second-order valence-corrected chi connectivity index (χ2v) is 10.4. The molecule has 0 N–H and O–H groups in total. The van der Waals surface area contributed by atoms with Gasteiger partial charge in [-0.15, -0.1) is 0 Å². The van der Waals surface area contributed by atoms with Crippen LogP contribution in [0, 0.1) is 0 Å². The zero-order valence-corrected chi connectivity index (χ0v) is 24.9. The fourth-order valence-electron chi connectivity index (χ4n) is 5.78. The number of hydrogen-bond acceptors (Lipinski definition) is 0. The second kappa shape index (κ2) is 18.8. The van der Waals surface area contributed by atoms with Crippen LogP contribution in [0.2, 0.25) is 0 Å². The van der Waals surface area contributed by atoms with Crippen molar-refractivity contribution in [2.24, 2.45) is 0 Å². The largest absolute Gasteiger partial charge is 1.00 e. The third-order valence-corrected chi connectivity index (χ3v) is 8.12. The predicted octanol–water partition coefficient (Wildman–Crippen LogP) is 0.937. The van der Waals surface area contributed by atoms with E-state index in [-0.39, 0.29) is 48.0 Å². The summed E-state index contributed by atoms with van der Waals surface area (Å²) in [5, 5.41) is 0. The summed E-state index contributed by atoms with van der Waals surface area (Å²) < 4.78 is 2.99. The molecule has 0 spiro atoms. The third-order valence-electron chi connectivity index (χ3n) is 8.12. The lowest BCUT2D eigenvalue weighted by molar-refractivity contribution is -1.08. The number of quaternary nitrogens is 2. The Kier molecular flexibility index (Phi) is 19.6. The van der Waals surface area contributed by atoms with Crippen molar-refractivity contribution in [2.45, 2.75) is 117 Å². The van der Waals surface area contributed by atoms with Gasteiger partial charge < -0.3 is 56.9 Å². The highest BCUT2D eigenvalue weighted by Crippen LogP contribution is 2.28. The van der Waals surface area contributed by atoms with Crippen LogP contribution in [-0.4, -0.2) is 61.3 Å².